The molecule has 1 aliphatic heterocycles. The molecular weight excluding hydrogens is 276 g/mol. The number of fused-ring (bicyclic) bond motifs is 1. The van der Waals surface area contributed by atoms with E-state index in [0.717, 1.165) is 17.0 Å². The molecule has 3 rings (SSSR count). The fourth-order valence-electron chi connectivity index (χ4n) is 2.28. The van der Waals surface area contributed by atoms with Crippen molar-refractivity contribution >= 4 is 11.9 Å². The van der Waals surface area contributed by atoms with Gasteiger partial charge in [0.2, 0.25) is 5.78 Å². The van der Waals surface area contributed by atoms with Crippen molar-refractivity contribution in [2.24, 2.45) is 0 Å². The Kier molecular flexibility index (Phi) is 3.53. The van der Waals surface area contributed by atoms with Gasteiger partial charge in [-0.1, -0.05) is 45.0 Å². The van der Waals surface area contributed by atoms with Crippen molar-refractivity contribution in [2.45, 2.75) is 32.8 Å². The van der Waals surface area contributed by atoms with Crippen LogP contribution in [0.2, 0.25) is 0 Å². The van der Waals surface area contributed by atoms with E-state index in [1.165, 1.54) is 0 Å². The molecule has 2 heterocycles. The van der Waals surface area contributed by atoms with Gasteiger partial charge in [0.15, 0.2) is 5.76 Å². The third-order valence-electron chi connectivity index (χ3n) is 3.51. The van der Waals surface area contributed by atoms with Crippen molar-refractivity contribution in [1.29, 1.82) is 0 Å². The van der Waals surface area contributed by atoms with Crippen LogP contribution in [0.15, 0.2) is 42.4 Å². The Morgan fingerprint density at radius 2 is 1.82 bits per heavy atom. The van der Waals surface area contributed by atoms with E-state index in [1.54, 1.807) is 18.5 Å². The molecule has 4 nitrogen and oxygen atoms in total. The Labute approximate surface area is 129 Å². The maximum atomic E-state index is 12.4. The molecular formula is C18H18N2O2. The van der Waals surface area contributed by atoms with Gasteiger partial charge in [0.1, 0.15) is 12.4 Å². The molecule has 0 radical (unpaired) electrons. The molecule has 0 saturated heterocycles. The van der Waals surface area contributed by atoms with Crippen LogP contribution in [0, 0.1) is 0 Å². The first-order chi connectivity index (χ1) is 10.4. The summed E-state index contributed by atoms with van der Waals surface area (Å²) in [6.07, 6.45) is 5.14. The Hall–Kier alpha value is -2.49. The van der Waals surface area contributed by atoms with E-state index in [2.05, 4.69) is 30.7 Å². The lowest BCUT2D eigenvalue weighted by atomic mass is 9.95. The summed E-state index contributed by atoms with van der Waals surface area (Å²) in [5.41, 5.74) is 2.29. The lowest BCUT2D eigenvalue weighted by Crippen LogP contribution is -2.17. The maximum absolute atomic E-state index is 12.4. The topological polar surface area (TPSA) is 52.1 Å². The fraction of sp³-hybridized carbons (Fsp3) is 0.278. The summed E-state index contributed by atoms with van der Waals surface area (Å²) in [6, 6.07) is 7.50. The highest BCUT2D eigenvalue weighted by Gasteiger charge is 2.23. The van der Waals surface area contributed by atoms with Crippen LogP contribution in [-0.2, 0) is 16.8 Å². The molecule has 4 heteroatoms. The number of ether oxygens (including phenoxy) is 1. The van der Waals surface area contributed by atoms with Crippen molar-refractivity contribution in [3.8, 4) is 0 Å². The number of carbonyl (C=O) groups is 1. The quantitative estimate of drug-likeness (QED) is 0.755. The summed E-state index contributed by atoms with van der Waals surface area (Å²) in [7, 11) is 0. The highest BCUT2D eigenvalue weighted by atomic mass is 16.5. The summed E-state index contributed by atoms with van der Waals surface area (Å²) in [5.74, 6) is 1.02. The third kappa shape index (κ3) is 2.77. The van der Waals surface area contributed by atoms with Crippen LogP contribution >= 0.6 is 0 Å². The Bertz CT molecular complexity index is 740. The molecule has 0 atom stereocenters. The molecule has 22 heavy (non-hydrogen) atoms. The SMILES string of the molecule is CC(C)(C)c1ncc(C=C2OCc3ccccc3C2=O)cn1. The molecule has 112 valence electrons. The van der Waals surface area contributed by atoms with Gasteiger partial charge in [-0.25, -0.2) is 9.97 Å². The van der Waals surface area contributed by atoms with Crippen LogP contribution in [0.3, 0.4) is 0 Å². The third-order valence-corrected chi connectivity index (χ3v) is 3.51. The van der Waals surface area contributed by atoms with Gasteiger partial charge in [0, 0.05) is 34.5 Å². The first-order valence-electron chi connectivity index (χ1n) is 7.25. The molecule has 0 unspecified atom stereocenters. The van der Waals surface area contributed by atoms with E-state index in [9.17, 15) is 4.79 Å². The minimum Gasteiger partial charge on any atom is -0.485 e. The molecule has 1 aromatic carbocycles. The minimum atomic E-state index is -0.0956. The van der Waals surface area contributed by atoms with Crippen molar-refractivity contribution in [2.75, 3.05) is 0 Å². The van der Waals surface area contributed by atoms with Crippen molar-refractivity contribution in [1.82, 2.24) is 9.97 Å². The standard InChI is InChI=1S/C18H18N2O2/c1-18(2,3)17-19-9-12(10-20-17)8-15-16(21)14-7-5-4-6-13(14)11-22-15/h4-10H,11H2,1-3H3. The number of hydrogen-bond acceptors (Lipinski definition) is 4. The number of carbonyl (C=O) groups excluding carboxylic acids is 1. The normalized spacial score (nSPS) is 16.3. The van der Waals surface area contributed by atoms with E-state index in [-0.39, 0.29) is 11.2 Å². The average Bonchev–Trinajstić information content (AvgIpc) is 2.50. The molecule has 0 N–H and O–H groups in total. The van der Waals surface area contributed by atoms with Gasteiger partial charge in [0.25, 0.3) is 0 Å². The van der Waals surface area contributed by atoms with Gasteiger partial charge in [-0.05, 0) is 6.08 Å². The van der Waals surface area contributed by atoms with Gasteiger partial charge in [0.05, 0.1) is 0 Å². The molecule has 0 fully saturated rings. The number of hydrogen-bond donors (Lipinski definition) is 0. The number of rotatable bonds is 1. The van der Waals surface area contributed by atoms with Crippen LogP contribution in [0.25, 0.3) is 6.08 Å². The zero-order chi connectivity index (χ0) is 15.7. The number of ketones is 1. The van der Waals surface area contributed by atoms with E-state index in [0.29, 0.717) is 17.9 Å². The number of Topliss-reactive ketones (excluding diaryl/α,β-unsaturated/α-hetero) is 1. The van der Waals surface area contributed by atoms with Gasteiger partial charge in [-0.3, -0.25) is 4.79 Å². The van der Waals surface area contributed by atoms with E-state index >= 15 is 0 Å². The van der Waals surface area contributed by atoms with Crippen LogP contribution in [0.1, 0.15) is 48.1 Å². The fourth-order valence-corrected chi connectivity index (χ4v) is 2.28. The molecule has 0 spiro atoms. The maximum Gasteiger partial charge on any atom is 0.227 e. The largest absolute Gasteiger partial charge is 0.485 e. The zero-order valence-corrected chi connectivity index (χ0v) is 13.0. The van der Waals surface area contributed by atoms with Gasteiger partial charge in [-0.2, -0.15) is 0 Å². The average molecular weight is 294 g/mol. The van der Waals surface area contributed by atoms with Crippen LogP contribution in [0.4, 0.5) is 0 Å². The van der Waals surface area contributed by atoms with Crippen molar-refractivity contribution in [3.63, 3.8) is 0 Å². The Morgan fingerprint density at radius 1 is 1.14 bits per heavy atom. The lowest BCUT2D eigenvalue weighted by molar-refractivity contribution is 0.0871. The van der Waals surface area contributed by atoms with Crippen LogP contribution in [0.5, 0.6) is 0 Å². The Balaban J connectivity index is 1.89. The van der Waals surface area contributed by atoms with E-state index in [4.69, 9.17) is 4.74 Å². The molecule has 2 aromatic rings. The highest BCUT2D eigenvalue weighted by molar-refractivity contribution is 6.11. The summed E-state index contributed by atoms with van der Waals surface area (Å²) >= 11 is 0. The monoisotopic (exact) mass is 294 g/mol. The number of nitrogens with zero attached hydrogens (tertiary/aromatic N) is 2. The molecule has 0 amide bonds. The molecule has 0 saturated carbocycles. The summed E-state index contributed by atoms with van der Waals surface area (Å²) in [6.45, 7) is 6.59. The highest BCUT2D eigenvalue weighted by Crippen LogP contribution is 2.24. The summed E-state index contributed by atoms with van der Waals surface area (Å²) in [5, 5.41) is 0. The van der Waals surface area contributed by atoms with Crippen molar-refractivity contribution < 1.29 is 9.53 Å². The smallest absolute Gasteiger partial charge is 0.227 e. The first-order valence-corrected chi connectivity index (χ1v) is 7.25. The lowest BCUT2D eigenvalue weighted by Gasteiger charge is -2.19. The van der Waals surface area contributed by atoms with Crippen molar-refractivity contribution in [3.05, 3.63) is 64.9 Å². The van der Waals surface area contributed by atoms with Gasteiger partial charge in [-0.15, -0.1) is 0 Å². The van der Waals surface area contributed by atoms with Crippen LogP contribution in [-0.4, -0.2) is 15.8 Å². The molecule has 1 aliphatic rings. The van der Waals surface area contributed by atoms with Gasteiger partial charge >= 0.3 is 0 Å². The molecule has 1 aromatic heterocycles. The second-order valence-corrected chi connectivity index (χ2v) is 6.37. The molecule has 0 aliphatic carbocycles. The van der Waals surface area contributed by atoms with E-state index in [1.807, 2.05) is 24.3 Å². The second kappa shape index (κ2) is 5.37. The Morgan fingerprint density at radius 3 is 2.50 bits per heavy atom. The predicted molar refractivity (Wildman–Crippen MR) is 84.3 cm³/mol. The zero-order valence-electron chi connectivity index (χ0n) is 13.0. The molecule has 0 bridgehead atoms. The first kappa shape index (κ1) is 14.4. The van der Waals surface area contributed by atoms with Crippen LogP contribution < -0.4 is 0 Å². The predicted octanol–water partition coefficient (Wildman–Crippen LogP) is 3.53. The minimum absolute atomic E-state index is 0.0955. The summed E-state index contributed by atoms with van der Waals surface area (Å²) < 4.78 is 5.57. The van der Waals surface area contributed by atoms with E-state index < -0.39 is 0 Å². The number of aromatic nitrogens is 2. The van der Waals surface area contributed by atoms with Gasteiger partial charge < -0.3 is 4.74 Å². The summed E-state index contributed by atoms with van der Waals surface area (Å²) in [4.78, 5) is 21.1. The second-order valence-electron chi connectivity index (χ2n) is 6.37. The number of allylic oxidation sites excluding steroid dienone is 1. The number of benzene rings is 1.